The van der Waals surface area contributed by atoms with Gasteiger partial charge < -0.3 is 10.0 Å². The molecule has 0 saturated heterocycles. The van der Waals surface area contributed by atoms with Crippen LogP contribution in [0.15, 0.2) is 0 Å². The summed E-state index contributed by atoms with van der Waals surface area (Å²) in [7, 11) is 1.67. The van der Waals surface area contributed by atoms with Gasteiger partial charge in [0.15, 0.2) is 0 Å². The molecule has 0 aliphatic heterocycles. The van der Waals surface area contributed by atoms with Gasteiger partial charge in [0.25, 0.3) is 0 Å². The third kappa shape index (κ3) is 5.38. The molecule has 0 heterocycles. The molecular weight excluding hydrogens is 192 g/mol. The first-order valence-electron chi connectivity index (χ1n) is 5.35. The Bertz CT molecular complexity index is 233. The maximum atomic E-state index is 11.7. The molecule has 15 heavy (non-hydrogen) atoms. The highest BCUT2D eigenvalue weighted by Crippen LogP contribution is 2.09. The van der Waals surface area contributed by atoms with Crippen molar-refractivity contribution in [3.8, 4) is 6.07 Å². The lowest BCUT2D eigenvalue weighted by molar-refractivity contribution is -0.132. The first-order chi connectivity index (χ1) is 7.02. The average Bonchev–Trinajstić information content (AvgIpc) is 2.21. The van der Waals surface area contributed by atoms with E-state index in [9.17, 15) is 4.79 Å². The second kappa shape index (κ2) is 7.24. The molecule has 0 aliphatic rings. The van der Waals surface area contributed by atoms with Gasteiger partial charge in [-0.05, 0) is 19.8 Å². The summed E-state index contributed by atoms with van der Waals surface area (Å²) in [6.45, 7) is 4.14. The molecule has 0 saturated carbocycles. The fraction of sp³-hybridized carbons (Fsp3) is 0.818. The lowest BCUT2D eigenvalue weighted by Gasteiger charge is -2.20. The molecule has 0 aromatic carbocycles. The summed E-state index contributed by atoms with van der Waals surface area (Å²) >= 11 is 0. The predicted molar refractivity (Wildman–Crippen MR) is 57.9 cm³/mol. The quantitative estimate of drug-likeness (QED) is 0.718. The van der Waals surface area contributed by atoms with Crippen LogP contribution >= 0.6 is 0 Å². The summed E-state index contributed by atoms with van der Waals surface area (Å²) in [6, 6.07) is 2.02. The standard InChI is InChI=1S/C11H20N2O2/c1-4-5-10(8-12)11(15)13(3)7-6-9(2)14/h9-10,14H,4-7H2,1-3H3. The first kappa shape index (κ1) is 13.9. The normalized spacial score (nSPS) is 14.1. The molecule has 0 aromatic rings. The van der Waals surface area contributed by atoms with Crippen molar-refractivity contribution in [2.45, 2.75) is 39.2 Å². The molecule has 0 aliphatic carbocycles. The predicted octanol–water partition coefficient (Wildman–Crippen LogP) is 1.16. The van der Waals surface area contributed by atoms with E-state index in [2.05, 4.69) is 0 Å². The molecule has 0 radical (unpaired) electrons. The van der Waals surface area contributed by atoms with Crippen molar-refractivity contribution in [2.24, 2.45) is 5.92 Å². The number of aliphatic hydroxyl groups is 1. The van der Waals surface area contributed by atoms with Crippen LogP contribution in [0.4, 0.5) is 0 Å². The molecule has 0 rings (SSSR count). The molecule has 0 bridgehead atoms. The van der Waals surface area contributed by atoms with Gasteiger partial charge in [-0.2, -0.15) is 5.26 Å². The number of carbonyl (C=O) groups is 1. The number of rotatable bonds is 6. The lowest BCUT2D eigenvalue weighted by Crippen LogP contribution is -2.34. The Morgan fingerprint density at radius 2 is 2.13 bits per heavy atom. The van der Waals surface area contributed by atoms with Gasteiger partial charge in [-0.3, -0.25) is 4.79 Å². The van der Waals surface area contributed by atoms with Gasteiger partial charge >= 0.3 is 0 Å². The number of hydrogen-bond donors (Lipinski definition) is 1. The van der Waals surface area contributed by atoms with E-state index in [0.29, 0.717) is 19.4 Å². The van der Waals surface area contributed by atoms with Crippen LogP contribution in [0.5, 0.6) is 0 Å². The summed E-state index contributed by atoms with van der Waals surface area (Å²) in [5.74, 6) is -0.672. The topological polar surface area (TPSA) is 64.3 Å². The van der Waals surface area contributed by atoms with Crippen LogP contribution < -0.4 is 0 Å². The van der Waals surface area contributed by atoms with Gasteiger partial charge in [0, 0.05) is 13.6 Å². The highest BCUT2D eigenvalue weighted by atomic mass is 16.3. The Hall–Kier alpha value is -1.08. The fourth-order valence-electron chi connectivity index (χ4n) is 1.29. The van der Waals surface area contributed by atoms with Gasteiger partial charge in [0.05, 0.1) is 12.2 Å². The molecule has 0 aromatic heterocycles. The van der Waals surface area contributed by atoms with Crippen molar-refractivity contribution in [3.63, 3.8) is 0 Å². The van der Waals surface area contributed by atoms with Crippen molar-refractivity contribution in [1.82, 2.24) is 4.90 Å². The Balaban J connectivity index is 4.11. The highest BCUT2D eigenvalue weighted by molar-refractivity contribution is 5.80. The van der Waals surface area contributed by atoms with E-state index in [1.165, 1.54) is 4.90 Å². The molecular formula is C11H20N2O2. The molecule has 4 nitrogen and oxygen atoms in total. The van der Waals surface area contributed by atoms with E-state index >= 15 is 0 Å². The van der Waals surface area contributed by atoms with Crippen LogP contribution in [0.1, 0.15) is 33.1 Å². The Morgan fingerprint density at radius 3 is 2.53 bits per heavy atom. The van der Waals surface area contributed by atoms with Gasteiger partial charge in [-0.15, -0.1) is 0 Å². The zero-order valence-electron chi connectivity index (χ0n) is 9.73. The Morgan fingerprint density at radius 1 is 1.53 bits per heavy atom. The minimum Gasteiger partial charge on any atom is -0.393 e. The maximum absolute atomic E-state index is 11.7. The molecule has 0 fully saturated rings. The smallest absolute Gasteiger partial charge is 0.239 e. The van der Waals surface area contributed by atoms with Crippen LogP contribution in [-0.2, 0) is 4.79 Å². The first-order valence-corrected chi connectivity index (χ1v) is 5.35. The molecule has 1 amide bonds. The van der Waals surface area contributed by atoms with Gasteiger partial charge in [-0.25, -0.2) is 0 Å². The van der Waals surface area contributed by atoms with Gasteiger partial charge in [-0.1, -0.05) is 13.3 Å². The van der Waals surface area contributed by atoms with Crippen LogP contribution in [0, 0.1) is 17.2 Å². The van der Waals surface area contributed by atoms with Crippen molar-refractivity contribution in [2.75, 3.05) is 13.6 Å². The van der Waals surface area contributed by atoms with E-state index in [4.69, 9.17) is 10.4 Å². The van der Waals surface area contributed by atoms with Crippen LogP contribution in [-0.4, -0.2) is 35.6 Å². The van der Waals surface area contributed by atoms with Gasteiger partial charge in [0.1, 0.15) is 5.92 Å². The lowest BCUT2D eigenvalue weighted by atomic mass is 10.0. The molecule has 2 unspecified atom stereocenters. The third-order valence-electron chi connectivity index (χ3n) is 2.29. The number of hydrogen-bond acceptors (Lipinski definition) is 3. The Labute approximate surface area is 91.5 Å². The maximum Gasteiger partial charge on any atom is 0.239 e. The zero-order chi connectivity index (χ0) is 11.8. The second-order valence-corrected chi connectivity index (χ2v) is 3.87. The molecule has 86 valence electrons. The molecule has 4 heteroatoms. The van der Waals surface area contributed by atoms with E-state index in [0.717, 1.165) is 6.42 Å². The summed E-state index contributed by atoms with van der Waals surface area (Å²) in [5, 5.41) is 17.9. The van der Waals surface area contributed by atoms with Gasteiger partial charge in [0.2, 0.25) is 5.91 Å². The van der Waals surface area contributed by atoms with Crippen LogP contribution in [0.25, 0.3) is 0 Å². The fourth-order valence-corrected chi connectivity index (χ4v) is 1.29. The summed E-state index contributed by atoms with van der Waals surface area (Å²) in [6.07, 6.45) is 1.57. The van der Waals surface area contributed by atoms with Crippen molar-refractivity contribution in [3.05, 3.63) is 0 Å². The minimum absolute atomic E-state index is 0.139. The highest BCUT2D eigenvalue weighted by Gasteiger charge is 2.20. The number of aliphatic hydroxyl groups excluding tert-OH is 1. The third-order valence-corrected chi connectivity index (χ3v) is 2.29. The number of carbonyl (C=O) groups excluding carboxylic acids is 1. The van der Waals surface area contributed by atoms with Crippen molar-refractivity contribution in [1.29, 1.82) is 5.26 Å². The Kier molecular flexibility index (Phi) is 6.72. The monoisotopic (exact) mass is 212 g/mol. The summed E-state index contributed by atoms with van der Waals surface area (Å²) in [5.41, 5.74) is 0. The van der Waals surface area contributed by atoms with Crippen molar-refractivity contribution >= 4 is 5.91 Å². The number of nitrogens with zero attached hydrogens (tertiary/aromatic N) is 2. The number of nitriles is 1. The second-order valence-electron chi connectivity index (χ2n) is 3.87. The minimum atomic E-state index is -0.533. The summed E-state index contributed by atoms with van der Waals surface area (Å²) in [4.78, 5) is 13.2. The molecule has 0 spiro atoms. The largest absolute Gasteiger partial charge is 0.393 e. The number of amides is 1. The van der Waals surface area contributed by atoms with Crippen LogP contribution in [0.2, 0.25) is 0 Å². The van der Waals surface area contributed by atoms with Crippen molar-refractivity contribution < 1.29 is 9.90 Å². The zero-order valence-corrected chi connectivity index (χ0v) is 9.73. The van der Waals surface area contributed by atoms with Crippen LogP contribution in [0.3, 0.4) is 0 Å². The average molecular weight is 212 g/mol. The van der Waals surface area contributed by atoms with E-state index in [-0.39, 0.29) is 5.91 Å². The molecule has 1 N–H and O–H groups in total. The SMILES string of the molecule is CCCC(C#N)C(=O)N(C)CCC(C)O. The summed E-state index contributed by atoms with van der Waals surface area (Å²) < 4.78 is 0. The van der Waals surface area contributed by atoms with E-state index < -0.39 is 12.0 Å². The molecule has 2 atom stereocenters. The van der Waals surface area contributed by atoms with E-state index in [1.807, 2.05) is 13.0 Å². The van der Waals surface area contributed by atoms with E-state index in [1.54, 1.807) is 14.0 Å².